The first-order chi connectivity index (χ1) is 9.51. The maximum Gasteiger partial charge on any atom is 0.466 e. The summed E-state index contributed by atoms with van der Waals surface area (Å²) >= 11 is 1.33. The lowest BCUT2D eigenvalue weighted by atomic mass is 10.1. The highest BCUT2D eigenvalue weighted by molar-refractivity contribution is 8.14. The minimum absolute atomic E-state index is 0.405. The molecule has 0 radical (unpaired) electrons. The van der Waals surface area contributed by atoms with Gasteiger partial charge in [-0.3, -0.25) is 4.55 Å². The second-order valence-corrected chi connectivity index (χ2v) is 6.12. The molecule has 2 aromatic rings. The van der Waals surface area contributed by atoms with Crippen LogP contribution in [0.2, 0.25) is 0 Å². The van der Waals surface area contributed by atoms with Gasteiger partial charge in [-0.05, 0) is 16.5 Å². The molecule has 0 aromatic heterocycles. The molecular weight excluding hydrogens is 298 g/mol. The first kappa shape index (κ1) is 14.8. The van der Waals surface area contributed by atoms with Crippen LogP contribution in [0.4, 0.5) is 0 Å². The number of rotatable bonds is 4. The van der Waals surface area contributed by atoms with E-state index in [4.69, 9.17) is 4.55 Å². The molecule has 0 saturated carbocycles. The molecule has 0 unspecified atom stereocenters. The molecule has 0 aliphatic rings. The number of benzene rings is 2. The summed E-state index contributed by atoms with van der Waals surface area (Å²) in [5.41, 5.74) is 0.763. The summed E-state index contributed by atoms with van der Waals surface area (Å²) in [5, 5.41) is 5.90. The Morgan fingerprint density at radius 2 is 1.95 bits per heavy atom. The lowest BCUT2D eigenvalue weighted by Crippen LogP contribution is -2.03. The summed E-state index contributed by atoms with van der Waals surface area (Å²) in [7, 11) is -4.60. The smallest absolute Gasteiger partial charge is 0.253 e. The highest BCUT2D eigenvalue weighted by atomic mass is 32.3. The second kappa shape index (κ2) is 6.25. The first-order valence-electron chi connectivity index (χ1n) is 5.86. The van der Waals surface area contributed by atoms with Crippen LogP contribution in [0.5, 0.6) is 0 Å². The molecule has 7 heteroatoms. The van der Waals surface area contributed by atoms with E-state index in [0.29, 0.717) is 10.8 Å². The van der Waals surface area contributed by atoms with E-state index < -0.39 is 10.4 Å². The molecule has 0 heterocycles. The summed E-state index contributed by atoms with van der Waals surface area (Å²) in [6, 6.07) is 13.3. The van der Waals surface area contributed by atoms with Crippen molar-refractivity contribution in [2.75, 3.05) is 5.75 Å². The van der Waals surface area contributed by atoms with Gasteiger partial charge in [0.1, 0.15) is 5.04 Å². The van der Waals surface area contributed by atoms with Gasteiger partial charge in [0.25, 0.3) is 0 Å². The van der Waals surface area contributed by atoms with Gasteiger partial charge in [-0.1, -0.05) is 54.5 Å². The third kappa shape index (κ3) is 3.72. The van der Waals surface area contributed by atoms with E-state index in [1.165, 1.54) is 11.8 Å². The molecule has 5 nitrogen and oxygen atoms in total. The average molecular weight is 311 g/mol. The predicted molar refractivity (Wildman–Crippen MR) is 81.3 cm³/mol. The standard InChI is InChI=1S/C13H13NO4S2/c1-2-19-13(14-18-20(15,16)17)12-9-5-7-10-6-3-4-8-11(10)12/h3-9H,2H2,1H3,(H,15,16,17)/b14-13-. The topological polar surface area (TPSA) is 76.0 Å². The molecule has 0 spiro atoms. The maximum atomic E-state index is 10.7. The van der Waals surface area contributed by atoms with E-state index >= 15 is 0 Å². The highest BCUT2D eigenvalue weighted by Gasteiger charge is 2.11. The van der Waals surface area contributed by atoms with E-state index in [0.717, 1.165) is 16.3 Å². The van der Waals surface area contributed by atoms with Gasteiger partial charge < -0.3 is 0 Å². The molecule has 1 N–H and O–H groups in total. The fourth-order valence-electron chi connectivity index (χ4n) is 1.78. The fraction of sp³-hybridized carbons (Fsp3) is 0.154. The molecule has 0 saturated heterocycles. The van der Waals surface area contributed by atoms with Crippen molar-refractivity contribution < 1.29 is 17.3 Å². The molecule has 0 aliphatic carbocycles. The van der Waals surface area contributed by atoms with Crippen LogP contribution in [0.3, 0.4) is 0 Å². The number of nitrogens with zero attached hydrogens (tertiary/aromatic N) is 1. The molecule has 0 amide bonds. The monoisotopic (exact) mass is 311 g/mol. The molecule has 0 bridgehead atoms. The van der Waals surface area contributed by atoms with Crippen LogP contribution >= 0.6 is 11.8 Å². The van der Waals surface area contributed by atoms with Crippen molar-refractivity contribution in [2.24, 2.45) is 5.16 Å². The molecule has 106 valence electrons. The average Bonchev–Trinajstić information content (AvgIpc) is 2.42. The zero-order valence-electron chi connectivity index (χ0n) is 10.7. The largest absolute Gasteiger partial charge is 0.466 e. The van der Waals surface area contributed by atoms with E-state index in [9.17, 15) is 8.42 Å². The van der Waals surface area contributed by atoms with Gasteiger partial charge in [0.2, 0.25) is 0 Å². The van der Waals surface area contributed by atoms with Crippen molar-refractivity contribution >= 4 is 38.0 Å². The lowest BCUT2D eigenvalue weighted by Gasteiger charge is -2.07. The van der Waals surface area contributed by atoms with Gasteiger partial charge in [0, 0.05) is 5.56 Å². The van der Waals surface area contributed by atoms with Crippen LogP contribution in [0.15, 0.2) is 47.6 Å². The summed E-state index contributed by atoms with van der Waals surface area (Å²) in [5.74, 6) is 0.691. The molecule has 20 heavy (non-hydrogen) atoms. The Morgan fingerprint density at radius 3 is 2.65 bits per heavy atom. The normalized spacial score (nSPS) is 12.6. The zero-order valence-corrected chi connectivity index (χ0v) is 12.3. The Hall–Kier alpha value is -1.57. The van der Waals surface area contributed by atoms with E-state index in [2.05, 4.69) is 9.44 Å². The van der Waals surface area contributed by atoms with Crippen LogP contribution in [0.1, 0.15) is 12.5 Å². The summed E-state index contributed by atoms with van der Waals surface area (Å²) in [6.45, 7) is 1.92. The summed E-state index contributed by atoms with van der Waals surface area (Å²) < 4.78 is 34.1. The number of hydrogen-bond acceptors (Lipinski definition) is 5. The minimum Gasteiger partial charge on any atom is -0.253 e. The Labute approximate surface area is 121 Å². The van der Waals surface area contributed by atoms with E-state index in [1.54, 1.807) is 0 Å². The molecule has 2 rings (SSSR count). The zero-order chi connectivity index (χ0) is 14.6. The quantitative estimate of drug-likeness (QED) is 0.406. The van der Waals surface area contributed by atoms with E-state index in [-0.39, 0.29) is 0 Å². The van der Waals surface area contributed by atoms with Crippen LogP contribution in [-0.2, 0) is 14.7 Å². The number of thioether (sulfide) groups is 1. The second-order valence-electron chi connectivity index (χ2n) is 3.86. The molecule has 0 aliphatic heterocycles. The number of oxime groups is 1. The third-order valence-corrected chi connectivity index (χ3v) is 3.63. The molecule has 0 fully saturated rings. The Morgan fingerprint density at radius 1 is 1.25 bits per heavy atom. The Bertz CT molecular complexity index is 736. The van der Waals surface area contributed by atoms with Crippen molar-refractivity contribution in [3.05, 3.63) is 48.0 Å². The van der Waals surface area contributed by atoms with Gasteiger partial charge in [0.05, 0.1) is 0 Å². The van der Waals surface area contributed by atoms with Gasteiger partial charge in [-0.15, -0.1) is 11.8 Å². The maximum absolute atomic E-state index is 10.7. The van der Waals surface area contributed by atoms with Gasteiger partial charge in [-0.25, -0.2) is 4.28 Å². The fourth-order valence-corrected chi connectivity index (χ4v) is 2.70. The van der Waals surface area contributed by atoms with Crippen molar-refractivity contribution in [2.45, 2.75) is 6.92 Å². The predicted octanol–water partition coefficient (Wildman–Crippen LogP) is 3.07. The van der Waals surface area contributed by atoms with Crippen molar-refractivity contribution in [1.29, 1.82) is 0 Å². The highest BCUT2D eigenvalue weighted by Crippen LogP contribution is 2.23. The van der Waals surface area contributed by atoms with Crippen LogP contribution in [0.25, 0.3) is 10.8 Å². The Balaban J connectivity index is 2.52. The molecule has 2 aromatic carbocycles. The van der Waals surface area contributed by atoms with Crippen molar-refractivity contribution in [1.82, 2.24) is 0 Å². The molecule has 0 atom stereocenters. The third-order valence-electron chi connectivity index (χ3n) is 2.52. The van der Waals surface area contributed by atoms with Crippen LogP contribution in [-0.4, -0.2) is 23.8 Å². The first-order valence-corrected chi connectivity index (χ1v) is 8.21. The van der Waals surface area contributed by atoms with Gasteiger partial charge in [0.15, 0.2) is 0 Å². The summed E-state index contributed by atoms with van der Waals surface area (Å²) in [4.78, 5) is 0. The van der Waals surface area contributed by atoms with Crippen LogP contribution < -0.4 is 0 Å². The van der Waals surface area contributed by atoms with Gasteiger partial charge >= 0.3 is 10.4 Å². The van der Waals surface area contributed by atoms with Gasteiger partial charge in [-0.2, -0.15) is 8.42 Å². The number of fused-ring (bicyclic) bond motifs is 1. The van der Waals surface area contributed by atoms with E-state index in [1.807, 2.05) is 49.4 Å². The minimum atomic E-state index is -4.60. The van der Waals surface area contributed by atoms with Crippen molar-refractivity contribution in [3.8, 4) is 0 Å². The van der Waals surface area contributed by atoms with Crippen LogP contribution in [0, 0.1) is 0 Å². The SMILES string of the molecule is CCS/C(=N\OS(=O)(=O)O)c1cccc2ccccc12. The Kier molecular flexibility index (Phi) is 4.64. The molecular formula is C13H13NO4S2. The van der Waals surface area contributed by atoms with Crippen molar-refractivity contribution in [3.63, 3.8) is 0 Å². The lowest BCUT2D eigenvalue weighted by molar-refractivity contribution is 0.283. The number of hydrogen-bond donors (Lipinski definition) is 1. The summed E-state index contributed by atoms with van der Waals surface area (Å²) in [6.07, 6.45) is 0.